The van der Waals surface area contributed by atoms with Crippen molar-refractivity contribution in [2.24, 2.45) is 0 Å². The molecule has 0 saturated carbocycles. The van der Waals surface area contributed by atoms with Crippen molar-refractivity contribution in [3.8, 4) is 5.69 Å². The summed E-state index contributed by atoms with van der Waals surface area (Å²) in [5.41, 5.74) is 0.955. The van der Waals surface area contributed by atoms with Crippen LogP contribution in [0.4, 0.5) is 0 Å². The molecule has 0 spiro atoms. The van der Waals surface area contributed by atoms with Crippen LogP contribution in [0.5, 0.6) is 0 Å². The van der Waals surface area contributed by atoms with E-state index < -0.39 is 0 Å². The SMILES string of the molecule is O=C(CN1CCOCC1)N1CCN(Cc2nnnn2-c2ccccc2)CC1. The smallest absolute Gasteiger partial charge is 0.236 e. The molecular weight excluding hydrogens is 346 g/mol. The van der Waals surface area contributed by atoms with Gasteiger partial charge >= 0.3 is 0 Å². The van der Waals surface area contributed by atoms with Gasteiger partial charge in [-0.25, -0.2) is 0 Å². The number of carbonyl (C=O) groups is 1. The van der Waals surface area contributed by atoms with Crippen molar-refractivity contribution in [3.63, 3.8) is 0 Å². The summed E-state index contributed by atoms with van der Waals surface area (Å²) in [4.78, 5) is 19.0. The molecule has 1 amide bonds. The van der Waals surface area contributed by atoms with Crippen molar-refractivity contribution in [2.75, 3.05) is 59.0 Å². The lowest BCUT2D eigenvalue weighted by Gasteiger charge is -2.36. The number of aromatic nitrogens is 4. The molecule has 2 fully saturated rings. The molecule has 9 heteroatoms. The molecule has 0 bridgehead atoms. The maximum absolute atomic E-state index is 12.5. The fourth-order valence-electron chi connectivity index (χ4n) is 3.48. The van der Waals surface area contributed by atoms with Crippen LogP contribution in [0.2, 0.25) is 0 Å². The minimum Gasteiger partial charge on any atom is -0.379 e. The lowest BCUT2D eigenvalue weighted by Crippen LogP contribution is -2.52. The molecule has 2 aliphatic rings. The molecule has 9 nitrogen and oxygen atoms in total. The van der Waals surface area contributed by atoms with Crippen LogP contribution in [-0.4, -0.2) is 99.8 Å². The number of rotatable bonds is 5. The first-order valence-electron chi connectivity index (χ1n) is 9.42. The molecule has 0 atom stereocenters. The number of tetrazole rings is 1. The van der Waals surface area contributed by atoms with E-state index in [0.29, 0.717) is 13.1 Å². The average Bonchev–Trinajstić information content (AvgIpc) is 3.18. The molecule has 3 heterocycles. The normalized spacial score (nSPS) is 19.3. The summed E-state index contributed by atoms with van der Waals surface area (Å²) in [6.07, 6.45) is 0. The van der Waals surface area contributed by atoms with E-state index in [9.17, 15) is 4.79 Å². The fraction of sp³-hybridized carbons (Fsp3) is 0.556. The Hall–Kier alpha value is -2.36. The van der Waals surface area contributed by atoms with Gasteiger partial charge < -0.3 is 9.64 Å². The Bertz CT molecular complexity index is 737. The first-order valence-corrected chi connectivity index (χ1v) is 9.42. The Morgan fingerprint density at radius 1 is 0.963 bits per heavy atom. The number of hydrogen-bond acceptors (Lipinski definition) is 7. The van der Waals surface area contributed by atoms with Gasteiger partial charge in [0, 0.05) is 39.3 Å². The molecule has 27 heavy (non-hydrogen) atoms. The monoisotopic (exact) mass is 371 g/mol. The molecule has 0 unspecified atom stereocenters. The maximum atomic E-state index is 12.5. The number of para-hydroxylation sites is 1. The van der Waals surface area contributed by atoms with Crippen LogP contribution >= 0.6 is 0 Å². The van der Waals surface area contributed by atoms with Crippen molar-refractivity contribution in [1.82, 2.24) is 34.9 Å². The van der Waals surface area contributed by atoms with Gasteiger partial charge in [0.25, 0.3) is 0 Å². The zero-order valence-corrected chi connectivity index (χ0v) is 15.4. The van der Waals surface area contributed by atoms with Gasteiger partial charge in [-0.2, -0.15) is 4.68 Å². The second kappa shape index (κ2) is 8.55. The zero-order chi connectivity index (χ0) is 18.5. The Morgan fingerprint density at radius 3 is 2.44 bits per heavy atom. The summed E-state index contributed by atoms with van der Waals surface area (Å²) in [5.74, 6) is 1.03. The van der Waals surface area contributed by atoms with Crippen LogP contribution in [-0.2, 0) is 16.1 Å². The lowest BCUT2D eigenvalue weighted by atomic mass is 10.3. The summed E-state index contributed by atoms with van der Waals surface area (Å²) >= 11 is 0. The highest BCUT2D eigenvalue weighted by molar-refractivity contribution is 5.78. The number of amides is 1. The summed E-state index contributed by atoms with van der Waals surface area (Å²) < 4.78 is 7.11. The highest BCUT2D eigenvalue weighted by atomic mass is 16.5. The van der Waals surface area contributed by atoms with Crippen LogP contribution in [0.15, 0.2) is 30.3 Å². The van der Waals surface area contributed by atoms with Crippen LogP contribution < -0.4 is 0 Å². The van der Waals surface area contributed by atoms with Crippen LogP contribution in [0.3, 0.4) is 0 Å². The average molecular weight is 371 g/mol. The molecule has 144 valence electrons. The van der Waals surface area contributed by atoms with Gasteiger partial charge in [0.15, 0.2) is 5.82 Å². The molecule has 0 aliphatic carbocycles. The minimum absolute atomic E-state index is 0.214. The van der Waals surface area contributed by atoms with Gasteiger partial charge in [0.2, 0.25) is 5.91 Å². The number of hydrogen-bond donors (Lipinski definition) is 0. The third-order valence-corrected chi connectivity index (χ3v) is 5.09. The van der Waals surface area contributed by atoms with E-state index >= 15 is 0 Å². The van der Waals surface area contributed by atoms with Crippen molar-refractivity contribution >= 4 is 5.91 Å². The topological polar surface area (TPSA) is 79.6 Å². The summed E-state index contributed by atoms with van der Waals surface area (Å²) in [6.45, 7) is 7.44. The summed E-state index contributed by atoms with van der Waals surface area (Å²) in [7, 11) is 0. The highest BCUT2D eigenvalue weighted by Gasteiger charge is 2.24. The zero-order valence-electron chi connectivity index (χ0n) is 15.4. The largest absolute Gasteiger partial charge is 0.379 e. The second-order valence-corrected chi connectivity index (χ2v) is 6.89. The molecule has 1 aromatic heterocycles. The van der Waals surface area contributed by atoms with Crippen LogP contribution in [0.1, 0.15) is 5.82 Å². The number of carbonyl (C=O) groups excluding carboxylic acids is 1. The van der Waals surface area contributed by atoms with E-state index in [1.807, 2.05) is 35.2 Å². The number of nitrogens with zero attached hydrogens (tertiary/aromatic N) is 7. The first-order chi connectivity index (χ1) is 13.3. The molecule has 2 aromatic rings. The van der Waals surface area contributed by atoms with E-state index in [1.165, 1.54) is 0 Å². The van der Waals surface area contributed by atoms with Crippen LogP contribution in [0, 0.1) is 0 Å². The fourth-order valence-corrected chi connectivity index (χ4v) is 3.48. The molecule has 2 saturated heterocycles. The van der Waals surface area contributed by atoms with Crippen LogP contribution in [0.25, 0.3) is 5.69 Å². The molecule has 0 N–H and O–H groups in total. The van der Waals surface area contributed by atoms with Gasteiger partial charge in [-0.15, -0.1) is 5.10 Å². The standard InChI is InChI=1S/C18H25N7O2/c26-18(15-23-10-12-27-13-11-23)24-8-6-22(7-9-24)14-17-19-20-21-25(17)16-4-2-1-3-5-16/h1-5H,6-15H2. The van der Waals surface area contributed by atoms with Gasteiger partial charge in [-0.05, 0) is 22.6 Å². The van der Waals surface area contributed by atoms with E-state index in [4.69, 9.17) is 4.74 Å². The molecule has 0 radical (unpaired) electrons. The third-order valence-electron chi connectivity index (χ3n) is 5.09. The Balaban J connectivity index is 1.29. The quantitative estimate of drug-likeness (QED) is 0.710. The minimum atomic E-state index is 0.214. The molecular formula is C18H25N7O2. The first kappa shape index (κ1) is 18.0. The highest BCUT2D eigenvalue weighted by Crippen LogP contribution is 2.11. The Labute approximate surface area is 158 Å². The number of ether oxygens (including phenoxy) is 1. The second-order valence-electron chi connectivity index (χ2n) is 6.89. The molecule has 2 aliphatic heterocycles. The predicted octanol–water partition coefficient (Wildman–Crippen LogP) is -0.361. The number of benzene rings is 1. The van der Waals surface area contributed by atoms with Crippen molar-refractivity contribution in [1.29, 1.82) is 0 Å². The van der Waals surface area contributed by atoms with Crippen molar-refractivity contribution in [3.05, 3.63) is 36.2 Å². The van der Waals surface area contributed by atoms with E-state index in [2.05, 4.69) is 25.3 Å². The van der Waals surface area contributed by atoms with Gasteiger partial charge in [0.05, 0.1) is 32.0 Å². The summed E-state index contributed by atoms with van der Waals surface area (Å²) in [6, 6.07) is 9.89. The van der Waals surface area contributed by atoms with Gasteiger partial charge in [-0.1, -0.05) is 18.2 Å². The number of piperazine rings is 1. The molecule has 4 rings (SSSR count). The molecule has 1 aromatic carbocycles. The van der Waals surface area contributed by atoms with E-state index in [-0.39, 0.29) is 5.91 Å². The Morgan fingerprint density at radius 2 is 1.70 bits per heavy atom. The van der Waals surface area contributed by atoms with Crippen molar-refractivity contribution < 1.29 is 9.53 Å². The number of morpholine rings is 1. The summed E-state index contributed by atoms with van der Waals surface area (Å²) in [5, 5.41) is 12.1. The van der Waals surface area contributed by atoms with E-state index in [1.54, 1.807) is 4.68 Å². The van der Waals surface area contributed by atoms with E-state index in [0.717, 1.165) is 64.0 Å². The Kier molecular flexibility index (Phi) is 5.71. The van der Waals surface area contributed by atoms with Gasteiger partial charge in [0.1, 0.15) is 0 Å². The van der Waals surface area contributed by atoms with Gasteiger partial charge in [-0.3, -0.25) is 14.6 Å². The maximum Gasteiger partial charge on any atom is 0.236 e. The van der Waals surface area contributed by atoms with Crippen molar-refractivity contribution in [2.45, 2.75) is 6.54 Å². The third kappa shape index (κ3) is 4.49. The lowest BCUT2D eigenvalue weighted by molar-refractivity contribution is -0.135. The predicted molar refractivity (Wildman–Crippen MR) is 98.3 cm³/mol.